The van der Waals surface area contributed by atoms with Gasteiger partial charge in [0.2, 0.25) is 5.52 Å². The Labute approximate surface area is 180 Å². The van der Waals surface area contributed by atoms with Gasteiger partial charge in [-0.05, 0) is 28.0 Å². The van der Waals surface area contributed by atoms with Crippen LogP contribution in [0.4, 0.5) is 28.4 Å². The number of fused-ring (bicyclic) bond motifs is 1. The van der Waals surface area contributed by atoms with Gasteiger partial charge >= 0.3 is 5.69 Å². The van der Waals surface area contributed by atoms with E-state index in [0.29, 0.717) is 18.0 Å². The lowest BCUT2D eigenvalue weighted by molar-refractivity contribution is -0.384. The third-order valence-corrected chi connectivity index (χ3v) is 4.68. The molecular formula is C20H16N6O6. The standard InChI is InChI=1S/C20H16N6O6/c1-31-17-8-7-13(25(27)28)9-14(17)22-15-10-16(21-11-12-5-3-2-4-6-12)20(26(29)30)19-18(15)23-32-24-19/h2-10,21-22H,11H2,1H3. The molecule has 0 radical (unpaired) electrons. The third-order valence-electron chi connectivity index (χ3n) is 4.68. The number of benzene rings is 3. The molecule has 0 amide bonds. The zero-order chi connectivity index (χ0) is 22.7. The summed E-state index contributed by atoms with van der Waals surface area (Å²) in [6, 6.07) is 14.9. The molecule has 12 heteroatoms. The fourth-order valence-corrected chi connectivity index (χ4v) is 3.19. The molecule has 2 N–H and O–H groups in total. The summed E-state index contributed by atoms with van der Waals surface area (Å²) in [5.41, 5.74) is 1.22. The van der Waals surface area contributed by atoms with E-state index >= 15 is 0 Å². The SMILES string of the molecule is COc1ccc([N+](=O)[O-])cc1Nc1cc(NCc2ccccc2)c([N+](=O)[O-])c2nonc12. The van der Waals surface area contributed by atoms with Gasteiger partial charge in [-0.1, -0.05) is 30.3 Å². The van der Waals surface area contributed by atoms with E-state index in [1.165, 1.54) is 31.4 Å². The Morgan fingerprint density at radius 2 is 1.69 bits per heavy atom. The van der Waals surface area contributed by atoms with Gasteiger partial charge in [0, 0.05) is 18.7 Å². The summed E-state index contributed by atoms with van der Waals surface area (Å²) in [7, 11) is 1.42. The van der Waals surface area contributed by atoms with E-state index in [1.54, 1.807) is 0 Å². The van der Waals surface area contributed by atoms with Crippen molar-refractivity contribution in [2.75, 3.05) is 17.7 Å². The summed E-state index contributed by atoms with van der Waals surface area (Å²) in [6.07, 6.45) is 0. The molecule has 0 aliphatic heterocycles. The number of nitro groups is 2. The Hall–Kier alpha value is -4.74. The third kappa shape index (κ3) is 3.96. The first kappa shape index (κ1) is 20.5. The van der Waals surface area contributed by atoms with Crippen LogP contribution in [0.3, 0.4) is 0 Å². The van der Waals surface area contributed by atoms with Crippen LogP contribution >= 0.6 is 0 Å². The quantitative estimate of drug-likeness (QED) is 0.299. The highest BCUT2D eigenvalue weighted by molar-refractivity contribution is 6.00. The summed E-state index contributed by atoms with van der Waals surface area (Å²) in [5.74, 6) is 0.331. The minimum atomic E-state index is -0.572. The van der Waals surface area contributed by atoms with E-state index in [1.807, 2.05) is 30.3 Å². The number of hydrogen-bond donors (Lipinski definition) is 2. The Morgan fingerprint density at radius 3 is 2.38 bits per heavy atom. The number of hydrogen-bond acceptors (Lipinski definition) is 10. The molecule has 0 spiro atoms. The first-order chi connectivity index (χ1) is 15.5. The van der Waals surface area contributed by atoms with Crippen LogP contribution in [-0.2, 0) is 6.54 Å². The summed E-state index contributed by atoms with van der Waals surface area (Å²) in [6.45, 7) is 0.317. The second-order valence-electron chi connectivity index (χ2n) is 6.64. The lowest BCUT2D eigenvalue weighted by Gasteiger charge is -2.13. The van der Waals surface area contributed by atoms with Crippen LogP contribution in [0.5, 0.6) is 5.75 Å². The van der Waals surface area contributed by atoms with Gasteiger partial charge in [0.25, 0.3) is 5.69 Å². The fraction of sp³-hybridized carbons (Fsp3) is 0.100. The van der Waals surface area contributed by atoms with Gasteiger partial charge in [0.1, 0.15) is 11.4 Å². The van der Waals surface area contributed by atoms with Crippen LogP contribution in [0, 0.1) is 20.2 Å². The lowest BCUT2D eigenvalue weighted by atomic mass is 10.1. The van der Waals surface area contributed by atoms with E-state index in [-0.39, 0.29) is 33.8 Å². The fourth-order valence-electron chi connectivity index (χ4n) is 3.19. The van der Waals surface area contributed by atoms with Gasteiger partial charge in [0.05, 0.1) is 28.3 Å². The first-order valence-electron chi connectivity index (χ1n) is 9.29. The van der Waals surface area contributed by atoms with E-state index in [4.69, 9.17) is 9.37 Å². The van der Waals surface area contributed by atoms with Crippen molar-refractivity contribution in [2.24, 2.45) is 0 Å². The molecule has 0 saturated carbocycles. The molecule has 12 nitrogen and oxygen atoms in total. The largest absolute Gasteiger partial charge is 0.495 e. The number of non-ortho nitro benzene ring substituents is 1. The maximum absolute atomic E-state index is 11.8. The van der Waals surface area contributed by atoms with Gasteiger partial charge in [-0.3, -0.25) is 20.2 Å². The second-order valence-corrected chi connectivity index (χ2v) is 6.64. The van der Waals surface area contributed by atoms with Crippen molar-refractivity contribution in [3.63, 3.8) is 0 Å². The van der Waals surface area contributed by atoms with Crippen molar-refractivity contribution in [2.45, 2.75) is 6.54 Å². The summed E-state index contributed by atoms with van der Waals surface area (Å²) in [5, 5.41) is 36.5. The second kappa shape index (κ2) is 8.55. The maximum atomic E-state index is 11.8. The Bertz CT molecular complexity index is 1310. The highest BCUT2D eigenvalue weighted by Crippen LogP contribution is 2.40. The molecule has 0 aliphatic rings. The van der Waals surface area contributed by atoms with Gasteiger partial charge in [-0.25, -0.2) is 4.63 Å². The molecule has 32 heavy (non-hydrogen) atoms. The molecule has 0 aliphatic carbocycles. The molecule has 0 fully saturated rings. The molecule has 0 atom stereocenters. The van der Waals surface area contributed by atoms with Gasteiger partial charge in [-0.15, -0.1) is 0 Å². The predicted octanol–water partition coefficient (Wildman–Crippen LogP) is 4.40. The number of ether oxygens (including phenoxy) is 1. The van der Waals surface area contributed by atoms with E-state index in [0.717, 1.165) is 5.56 Å². The number of rotatable bonds is 8. The molecule has 1 aromatic heterocycles. The van der Waals surface area contributed by atoms with E-state index in [2.05, 4.69) is 20.9 Å². The van der Waals surface area contributed by atoms with Crippen molar-refractivity contribution < 1.29 is 19.2 Å². The van der Waals surface area contributed by atoms with Crippen LogP contribution in [0.25, 0.3) is 11.0 Å². The number of aromatic nitrogens is 2. The molecule has 0 bridgehead atoms. The van der Waals surface area contributed by atoms with E-state index < -0.39 is 9.85 Å². The van der Waals surface area contributed by atoms with Crippen molar-refractivity contribution in [3.05, 3.63) is 80.4 Å². The van der Waals surface area contributed by atoms with Crippen LogP contribution in [0.15, 0.2) is 59.2 Å². The van der Waals surface area contributed by atoms with Crippen LogP contribution in [-0.4, -0.2) is 27.3 Å². The van der Waals surface area contributed by atoms with Gasteiger partial charge in [-0.2, -0.15) is 0 Å². The molecule has 4 aromatic rings. The number of nitro benzene ring substituents is 2. The molecule has 4 rings (SSSR count). The van der Waals surface area contributed by atoms with Crippen molar-refractivity contribution in [1.82, 2.24) is 10.3 Å². The van der Waals surface area contributed by atoms with Crippen LogP contribution in [0.2, 0.25) is 0 Å². The molecular weight excluding hydrogens is 420 g/mol. The minimum Gasteiger partial charge on any atom is -0.495 e. The summed E-state index contributed by atoms with van der Waals surface area (Å²) >= 11 is 0. The monoisotopic (exact) mass is 436 g/mol. The van der Waals surface area contributed by atoms with Crippen molar-refractivity contribution >= 4 is 39.5 Å². The van der Waals surface area contributed by atoms with Gasteiger partial charge in [0.15, 0.2) is 5.52 Å². The Kier molecular flexibility index (Phi) is 5.49. The minimum absolute atomic E-state index is 0.0695. The number of methoxy groups -OCH3 is 1. The lowest BCUT2D eigenvalue weighted by Crippen LogP contribution is -2.05. The molecule has 3 aromatic carbocycles. The van der Waals surface area contributed by atoms with E-state index in [9.17, 15) is 20.2 Å². The highest BCUT2D eigenvalue weighted by atomic mass is 16.6. The Balaban J connectivity index is 1.79. The number of anilines is 3. The first-order valence-corrected chi connectivity index (χ1v) is 9.29. The average molecular weight is 436 g/mol. The molecule has 1 heterocycles. The zero-order valence-electron chi connectivity index (χ0n) is 16.6. The Morgan fingerprint density at radius 1 is 0.938 bits per heavy atom. The normalized spacial score (nSPS) is 10.7. The molecule has 162 valence electrons. The van der Waals surface area contributed by atoms with Crippen molar-refractivity contribution in [3.8, 4) is 5.75 Å². The molecule has 0 saturated heterocycles. The predicted molar refractivity (Wildman–Crippen MR) is 115 cm³/mol. The van der Waals surface area contributed by atoms with Crippen LogP contribution in [0.1, 0.15) is 5.56 Å². The topological polar surface area (TPSA) is 158 Å². The maximum Gasteiger partial charge on any atom is 0.323 e. The van der Waals surface area contributed by atoms with Crippen LogP contribution < -0.4 is 15.4 Å². The molecule has 0 unspecified atom stereocenters. The average Bonchev–Trinajstić information content (AvgIpc) is 3.28. The smallest absolute Gasteiger partial charge is 0.323 e. The summed E-state index contributed by atoms with van der Waals surface area (Å²) in [4.78, 5) is 21.8. The highest BCUT2D eigenvalue weighted by Gasteiger charge is 2.26. The summed E-state index contributed by atoms with van der Waals surface area (Å²) < 4.78 is 10.0. The number of nitrogens with one attached hydrogen (secondary N) is 2. The number of nitrogens with zero attached hydrogens (tertiary/aromatic N) is 4. The van der Waals surface area contributed by atoms with Crippen molar-refractivity contribution in [1.29, 1.82) is 0 Å². The zero-order valence-corrected chi connectivity index (χ0v) is 16.6. The van der Waals surface area contributed by atoms with Gasteiger partial charge < -0.3 is 15.4 Å².